The molecular formula is C19H19NO3. The summed E-state index contributed by atoms with van der Waals surface area (Å²) in [6.07, 6.45) is 3.07. The third-order valence-corrected chi connectivity index (χ3v) is 3.58. The Morgan fingerprint density at radius 1 is 0.957 bits per heavy atom. The van der Waals surface area contributed by atoms with E-state index in [-0.39, 0.29) is 11.8 Å². The summed E-state index contributed by atoms with van der Waals surface area (Å²) in [5.41, 5.74) is 4.17. The summed E-state index contributed by atoms with van der Waals surface area (Å²) in [5.74, 6) is -0.441. The number of allylic oxidation sites excluding steroid dienone is 1. The van der Waals surface area contributed by atoms with E-state index >= 15 is 0 Å². The molecule has 23 heavy (non-hydrogen) atoms. The number of methoxy groups -OCH3 is 1. The normalized spacial score (nSPS) is 10.6. The summed E-state index contributed by atoms with van der Waals surface area (Å²) in [6, 6.07) is 12.5. The highest BCUT2D eigenvalue weighted by atomic mass is 16.5. The Hall–Kier alpha value is -2.88. The number of nitrogens with one attached hydrogen (secondary N) is 1. The number of ketones is 1. The van der Waals surface area contributed by atoms with Crippen molar-refractivity contribution in [3.8, 4) is 0 Å². The summed E-state index contributed by atoms with van der Waals surface area (Å²) in [4.78, 5) is 23.4. The van der Waals surface area contributed by atoms with E-state index in [0.717, 1.165) is 16.8 Å². The number of anilines is 1. The largest absolute Gasteiger partial charge is 0.465 e. The lowest BCUT2D eigenvalue weighted by Crippen LogP contribution is -2.01. The number of hydrogen-bond donors (Lipinski definition) is 1. The molecule has 0 atom stereocenters. The first kappa shape index (κ1) is 16.5. The van der Waals surface area contributed by atoms with E-state index in [9.17, 15) is 9.59 Å². The summed E-state index contributed by atoms with van der Waals surface area (Å²) in [5, 5.41) is 3.00. The Kier molecular flexibility index (Phi) is 5.31. The molecule has 0 heterocycles. The van der Waals surface area contributed by atoms with Crippen molar-refractivity contribution in [2.24, 2.45) is 0 Å². The van der Waals surface area contributed by atoms with Crippen LogP contribution < -0.4 is 5.32 Å². The summed E-state index contributed by atoms with van der Waals surface area (Å²) >= 11 is 0. The van der Waals surface area contributed by atoms with Crippen LogP contribution in [0, 0.1) is 13.8 Å². The zero-order valence-electron chi connectivity index (χ0n) is 13.4. The highest BCUT2D eigenvalue weighted by molar-refractivity contribution is 6.04. The molecule has 2 aromatic rings. The second-order valence-electron chi connectivity index (χ2n) is 5.21. The lowest BCUT2D eigenvalue weighted by molar-refractivity contribution is 0.0600. The van der Waals surface area contributed by atoms with Gasteiger partial charge in [-0.05, 0) is 55.3 Å². The van der Waals surface area contributed by atoms with Gasteiger partial charge in [-0.25, -0.2) is 4.79 Å². The second kappa shape index (κ2) is 7.40. The molecule has 0 unspecified atom stereocenters. The molecule has 2 rings (SSSR count). The molecule has 2 aromatic carbocycles. The summed E-state index contributed by atoms with van der Waals surface area (Å²) in [6.45, 7) is 4.00. The monoisotopic (exact) mass is 309 g/mol. The number of hydrogen-bond acceptors (Lipinski definition) is 4. The van der Waals surface area contributed by atoms with Gasteiger partial charge in [0.05, 0.1) is 12.7 Å². The van der Waals surface area contributed by atoms with E-state index in [0.29, 0.717) is 11.1 Å². The molecule has 0 aliphatic carbocycles. The highest BCUT2D eigenvalue weighted by Crippen LogP contribution is 2.12. The van der Waals surface area contributed by atoms with Crippen LogP contribution in [0.25, 0.3) is 0 Å². The molecule has 0 radical (unpaired) electrons. The predicted octanol–water partition coefficient (Wildman–Crippen LogP) is 3.90. The summed E-state index contributed by atoms with van der Waals surface area (Å²) < 4.78 is 4.64. The topological polar surface area (TPSA) is 55.4 Å². The second-order valence-corrected chi connectivity index (χ2v) is 5.21. The first-order chi connectivity index (χ1) is 11.0. The zero-order chi connectivity index (χ0) is 16.8. The molecule has 0 aliphatic rings. The minimum Gasteiger partial charge on any atom is -0.465 e. The van der Waals surface area contributed by atoms with E-state index in [4.69, 9.17) is 0 Å². The molecule has 0 spiro atoms. The number of benzene rings is 2. The third kappa shape index (κ3) is 4.30. The first-order valence-electron chi connectivity index (χ1n) is 7.24. The van der Waals surface area contributed by atoms with Crippen LogP contribution in [0.2, 0.25) is 0 Å². The molecule has 4 heteroatoms. The fourth-order valence-corrected chi connectivity index (χ4v) is 2.02. The summed E-state index contributed by atoms with van der Waals surface area (Å²) in [7, 11) is 1.34. The van der Waals surface area contributed by atoms with Crippen LogP contribution in [0.5, 0.6) is 0 Å². The van der Waals surface area contributed by atoms with Gasteiger partial charge in [-0.2, -0.15) is 0 Å². The molecule has 118 valence electrons. The minimum absolute atomic E-state index is 0.0632. The molecule has 0 fully saturated rings. The van der Waals surface area contributed by atoms with Crippen LogP contribution in [0.4, 0.5) is 5.69 Å². The SMILES string of the molecule is COC(=O)c1ccc(N/C=C/C(=O)c2ccc(C)c(C)c2)cc1. The predicted molar refractivity (Wildman–Crippen MR) is 90.8 cm³/mol. The molecule has 0 saturated heterocycles. The van der Waals surface area contributed by atoms with Crippen molar-refractivity contribution in [2.75, 3.05) is 12.4 Å². The van der Waals surface area contributed by atoms with Crippen molar-refractivity contribution in [1.29, 1.82) is 0 Å². The van der Waals surface area contributed by atoms with Crippen LogP contribution in [0.15, 0.2) is 54.7 Å². The van der Waals surface area contributed by atoms with E-state index < -0.39 is 0 Å². The molecule has 1 N–H and O–H groups in total. The third-order valence-electron chi connectivity index (χ3n) is 3.58. The van der Waals surface area contributed by atoms with Gasteiger partial charge < -0.3 is 10.1 Å². The molecule has 0 aromatic heterocycles. The van der Waals surface area contributed by atoms with Gasteiger partial charge in [0, 0.05) is 23.5 Å². The van der Waals surface area contributed by atoms with Crippen LogP contribution >= 0.6 is 0 Å². The molecule has 0 bridgehead atoms. The molecular weight excluding hydrogens is 290 g/mol. The molecule has 0 saturated carbocycles. The van der Waals surface area contributed by atoms with E-state index in [2.05, 4.69) is 10.1 Å². The number of rotatable bonds is 5. The Bertz CT molecular complexity index is 746. The van der Waals surface area contributed by atoms with Crippen molar-refractivity contribution in [3.63, 3.8) is 0 Å². The van der Waals surface area contributed by atoms with Crippen molar-refractivity contribution in [1.82, 2.24) is 0 Å². The number of aryl methyl sites for hydroxylation is 2. The zero-order valence-corrected chi connectivity index (χ0v) is 13.4. The van der Waals surface area contributed by atoms with Gasteiger partial charge in [0.25, 0.3) is 0 Å². The van der Waals surface area contributed by atoms with Gasteiger partial charge in [-0.1, -0.05) is 12.1 Å². The standard InChI is InChI=1S/C19H19NO3/c1-13-4-5-16(12-14(13)2)18(21)10-11-20-17-8-6-15(7-9-17)19(22)23-3/h4-12,20H,1-3H3/b11-10+. The van der Waals surface area contributed by atoms with Crippen LogP contribution in [0.1, 0.15) is 31.8 Å². The number of carbonyl (C=O) groups is 2. The Balaban J connectivity index is 1.99. The maximum Gasteiger partial charge on any atom is 0.337 e. The lowest BCUT2D eigenvalue weighted by atomic mass is 10.0. The van der Waals surface area contributed by atoms with Gasteiger partial charge in [0.15, 0.2) is 5.78 Å². The average Bonchev–Trinajstić information content (AvgIpc) is 2.57. The van der Waals surface area contributed by atoms with E-state index in [1.54, 1.807) is 30.5 Å². The van der Waals surface area contributed by atoms with Crippen molar-refractivity contribution in [2.45, 2.75) is 13.8 Å². The Labute approximate surface area is 135 Å². The smallest absolute Gasteiger partial charge is 0.337 e. The maximum absolute atomic E-state index is 12.1. The lowest BCUT2D eigenvalue weighted by Gasteiger charge is -2.03. The fourth-order valence-electron chi connectivity index (χ4n) is 2.02. The van der Waals surface area contributed by atoms with Crippen LogP contribution in [-0.2, 0) is 4.74 Å². The Morgan fingerprint density at radius 2 is 1.61 bits per heavy atom. The van der Waals surface area contributed by atoms with Gasteiger partial charge in [-0.15, -0.1) is 0 Å². The van der Waals surface area contributed by atoms with Crippen LogP contribution in [-0.4, -0.2) is 18.9 Å². The van der Waals surface area contributed by atoms with Gasteiger partial charge in [0.2, 0.25) is 0 Å². The molecule has 4 nitrogen and oxygen atoms in total. The average molecular weight is 309 g/mol. The maximum atomic E-state index is 12.1. The van der Waals surface area contributed by atoms with Crippen molar-refractivity contribution >= 4 is 17.4 Å². The van der Waals surface area contributed by atoms with Crippen molar-refractivity contribution < 1.29 is 14.3 Å². The van der Waals surface area contributed by atoms with E-state index in [1.165, 1.54) is 13.2 Å². The van der Waals surface area contributed by atoms with Crippen molar-refractivity contribution in [3.05, 3.63) is 77.0 Å². The molecule has 0 aliphatic heterocycles. The number of carbonyl (C=O) groups excluding carboxylic acids is 2. The minimum atomic E-state index is -0.378. The molecule has 0 amide bonds. The Morgan fingerprint density at radius 3 is 2.22 bits per heavy atom. The number of ether oxygens (including phenoxy) is 1. The van der Waals surface area contributed by atoms with Gasteiger partial charge >= 0.3 is 5.97 Å². The van der Waals surface area contributed by atoms with Crippen LogP contribution in [0.3, 0.4) is 0 Å². The fraction of sp³-hybridized carbons (Fsp3) is 0.158. The van der Waals surface area contributed by atoms with Gasteiger partial charge in [0.1, 0.15) is 0 Å². The highest BCUT2D eigenvalue weighted by Gasteiger charge is 2.04. The van der Waals surface area contributed by atoms with E-state index in [1.807, 2.05) is 32.0 Å². The quantitative estimate of drug-likeness (QED) is 0.517. The number of esters is 1. The van der Waals surface area contributed by atoms with Gasteiger partial charge in [-0.3, -0.25) is 4.79 Å². The first-order valence-corrected chi connectivity index (χ1v) is 7.24.